The Morgan fingerprint density at radius 1 is 1.25 bits per heavy atom. The minimum Gasteiger partial charge on any atom is -0.396 e. The molecule has 0 aliphatic carbocycles. The number of nitrogens with zero attached hydrogens (tertiary/aromatic N) is 3. The van der Waals surface area contributed by atoms with Crippen molar-refractivity contribution >= 4 is 5.91 Å². The monoisotopic (exact) mass is 329 g/mol. The second kappa shape index (κ2) is 8.08. The van der Waals surface area contributed by atoms with Crippen molar-refractivity contribution in [2.45, 2.75) is 25.4 Å². The van der Waals surface area contributed by atoms with Gasteiger partial charge in [-0.05, 0) is 37.5 Å². The third-order valence-electron chi connectivity index (χ3n) is 4.27. The zero-order valence-electron chi connectivity index (χ0n) is 13.7. The maximum atomic E-state index is 12.9. The minimum absolute atomic E-state index is 0.0370. The Morgan fingerprint density at radius 2 is 2.04 bits per heavy atom. The van der Waals surface area contributed by atoms with Crippen molar-refractivity contribution in [2.75, 3.05) is 26.3 Å². The van der Waals surface area contributed by atoms with Crippen LogP contribution in [0.5, 0.6) is 0 Å². The molecule has 1 aliphatic rings. The highest BCUT2D eigenvalue weighted by Gasteiger charge is 2.25. The van der Waals surface area contributed by atoms with Crippen molar-refractivity contribution < 1.29 is 14.6 Å². The number of ether oxygens (including phenoxy) is 1. The van der Waals surface area contributed by atoms with E-state index in [1.165, 1.54) is 0 Å². The van der Waals surface area contributed by atoms with E-state index in [2.05, 4.69) is 5.10 Å². The summed E-state index contributed by atoms with van der Waals surface area (Å²) in [6, 6.07) is 9.39. The summed E-state index contributed by atoms with van der Waals surface area (Å²) in [5, 5.41) is 13.0. The lowest BCUT2D eigenvalue weighted by atomic mass is 10.1. The van der Waals surface area contributed by atoms with Crippen LogP contribution < -0.4 is 0 Å². The van der Waals surface area contributed by atoms with Crippen LogP contribution in [0.2, 0.25) is 0 Å². The number of rotatable bonds is 6. The fraction of sp³-hybridized carbons (Fsp3) is 0.444. The largest absolute Gasteiger partial charge is 0.396 e. The lowest BCUT2D eigenvalue weighted by molar-refractivity contribution is 0.00397. The van der Waals surface area contributed by atoms with Crippen LogP contribution >= 0.6 is 0 Å². The summed E-state index contributed by atoms with van der Waals surface area (Å²) in [6.45, 7) is 2.12. The maximum Gasteiger partial charge on any atom is 0.256 e. The Labute approximate surface area is 141 Å². The lowest BCUT2D eigenvalue weighted by Crippen LogP contribution is -2.41. The first-order valence-corrected chi connectivity index (χ1v) is 8.40. The number of carbonyl (C=O) groups is 1. The first kappa shape index (κ1) is 16.7. The number of piperidine rings is 1. The number of hydrogen-bond donors (Lipinski definition) is 1. The van der Waals surface area contributed by atoms with Gasteiger partial charge in [0.05, 0.1) is 17.4 Å². The van der Waals surface area contributed by atoms with E-state index in [1.807, 2.05) is 41.4 Å². The smallest absolute Gasteiger partial charge is 0.256 e. The fourth-order valence-corrected chi connectivity index (χ4v) is 2.98. The Balaban J connectivity index is 1.64. The zero-order chi connectivity index (χ0) is 16.8. The van der Waals surface area contributed by atoms with Crippen LogP contribution in [0.4, 0.5) is 0 Å². The first-order chi connectivity index (χ1) is 11.8. The van der Waals surface area contributed by atoms with Crippen LogP contribution in [0.15, 0.2) is 42.7 Å². The molecule has 2 heterocycles. The van der Waals surface area contributed by atoms with Crippen LogP contribution in [0.3, 0.4) is 0 Å². The van der Waals surface area contributed by atoms with Gasteiger partial charge in [-0.15, -0.1) is 0 Å². The zero-order valence-corrected chi connectivity index (χ0v) is 13.7. The van der Waals surface area contributed by atoms with Gasteiger partial charge in [0.2, 0.25) is 0 Å². The molecule has 128 valence electrons. The van der Waals surface area contributed by atoms with Crippen molar-refractivity contribution in [3.05, 3.63) is 48.3 Å². The lowest BCUT2D eigenvalue weighted by Gasteiger charge is -2.32. The van der Waals surface area contributed by atoms with E-state index in [1.54, 1.807) is 10.9 Å². The summed E-state index contributed by atoms with van der Waals surface area (Å²) >= 11 is 0. The van der Waals surface area contributed by atoms with Crippen molar-refractivity contribution in [3.63, 3.8) is 0 Å². The molecule has 1 fully saturated rings. The van der Waals surface area contributed by atoms with E-state index < -0.39 is 0 Å². The highest BCUT2D eigenvalue weighted by atomic mass is 16.5. The van der Waals surface area contributed by atoms with Crippen LogP contribution in [-0.4, -0.2) is 58.1 Å². The third-order valence-corrected chi connectivity index (χ3v) is 4.27. The van der Waals surface area contributed by atoms with Crippen molar-refractivity contribution in [2.24, 2.45) is 0 Å². The average molecular weight is 329 g/mol. The molecule has 1 aliphatic heterocycles. The average Bonchev–Trinajstić information content (AvgIpc) is 3.16. The molecule has 1 amide bonds. The van der Waals surface area contributed by atoms with Gasteiger partial charge < -0.3 is 14.7 Å². The molecule has 0 spiro atoms. The van der Waals surface area contributed by atoms with Crippen LogP contribution in [0, 0.1) is 0 Å². The molecule has 6 heteroatoms. The second-order valence-electron chi connectivity index (χ2n) is 5.91. The SMILES string of the molecule is O=C(c1ccccc1-n1cccn1)N1CCC(OCCCO)CC1. The number of para-hydroxylation sites is 1. The van der Waals surface area contributed by atoms with Gasteiger partial charge in [-0.3, -0.25) is 4.79 Å². The molecule has 0 atom stereocenters. The van der Waals surface area contributed by atoms with Gasteiger partial charge in [0.1, 0.15) is 0 Å². The first-order valence-electron chi connectivity index (χ1n) is 8.40. The molecule has 1 aromatic carbocycles. The van der Waals surface area contributed by atoms with Gasteiger partial charge in [0, 0.05) is 38.7 Å². The molecule has 0 radical (unpaired) electrons. The van der Waals surface area contributed by atoms with Crippen LogP contribution in [0.1, 0.15) is 29.6 Å². The van der Waals surface area contributed by atoms with Gasteiger partial charge in [-0.1, -0.05) is 12.1 Å². The van der Waals surface area contributed by atoms with E-state index in [0.29, 0.717) is 31.7 Å². The number of aromatic nitrogens is 2. The molecule has 1 aromatic heterocycles. The molecule has 0 saturated carbocycles. The summed E-state index contributed by atoms with van der Waals surface area (Å²) in [5.74, 6) is 0.0370. The van der Waals surface area contributed by atoms with Crippen LogP contribution in [0.25, 0.3) is 5.69 Å². The van der Waals surface area contributed by atoms with Crippen molar-refractivity contribution in [3.8, 4) is 5.69 Å². The van der Waals surface area contributed by atoms with E-state index >= 15 is 0 Å². The van der Waals surface area contributed by atoms with Gasteiger partial charge in [-0.2, -0.15) is 5.10 Å². The normalized spacial score (nSPS) is 15.6. The predicted octanol–water partition coefficient (Wildman–Crippen LogP) is 1.88. The molecule has 0 unspecified atom stereocenters. The number of likely N-dealkylation sites (tertiary alicyclic amines) is 1. The molecule has 3 rings (SSSR count). The van der Waals surface area contributed by atoms with Crippen molar-refractivity contribution in [1.29, 1.82) is 0 Å². The Morgan fingerprint density at radius 3 is 2.75 bits per heavy atom. The number of aliphatic hydroxyl groups is 1. The molecule has 24 heavy (non-hydrogen) atoms. The van der Waals surface area contributed by atoms with Gasteiger partial charge in [0.15, 0.2) is 0 Å². The minimum atomic E-state index is 0.0370. The summed E-state index contributed by atoms with van der Waals surface area (Å²) < 4.78 is 7.45. The highest BCUT2D eigenvalue weighted by molar-refractivity contribution is 5.97. The standard InChI is InChI=1S/C18H23N3O3/c22-13-4-14-24-15-7-11-20(12-8-15)18(23)16-5-1-2-6-17(16)21-10-3-9-19-21/h1-3,5-6,9-10,15,22H,4,7-8,11-14H2. The van der Waals surface area contributed by atoms with E-state index in [9.17, 15) is 4.79 Å². The van der Waals surface area contributed by atoms with E-state index in [4.69, 9.17) is 9.84 Å². The molecular weight excluding hydrogens is 306 g/mol. The van der Waals surface area contributed by atoms with Gasteiger partial charge >= 0.3 is 0 Å². The van der Waals surface area contributed by atoms with Crippen LogP contribution in [-0.2, 0) is 4.74 Å². The van der Waals surface area contributed by atoms with Gasteiger partial charge in [-0.25, -0.2) is 4.68 Å². The number of aliphatic hydroxyl groups excluding tert-OH is 1. The maximum absolute atomic E-state index is 12.9. The topological polar surface area (TPSA) is 67.6 Å². The van der Waals surface area contributed by atoms with E-state index in [-0.39, 0.29) is 18.6 Å². The molecule has 6 nitrogen and oxygen atoms in total. The fourth-order valence-electron chi connectivity index (χ4n) is 2.98. The Kier molecular flexibility index (Phi) is 5.61. The second-order valence-corrected chi connectivity index (χ2v) is 5.91. The summed E-state index contributed by atoms with van der Waals surface area (Å²) in [5.41, 5.74) is 1.47. The quantitative estimate of drug-likeness (QED) is 0.822. The molecule has 2 aromatic rings. The number of hydrogen-bond acceptors (Lipinski definition) is 4. The molecule has 1 N–H and O–H groups in total. The number of carbonyl (C=O) groups excluding carboxylic acids is 1. The summed E-state index contributed by atoms with van der Waals surface area (Å²) in [6.07, 6.45) is 6.06. The number of benzene rings is 1. The third kappa shape index (κ3) is 3.83. The molecule has 1 saturated heterocycles. The summed E-state index contributed by atoms with van der Waals surface area (Å²) in [7, 11) is 0. The Bertz CT molecular complexity index is 649. The summed E-state index contributed by atoms with van der Waals surface area (Å²) in [4.78, 5) is 14.8. The van der Waals surface area contributed by atoms with Gasteiger partial charge in [0.25, 0.3) is 5.91 Å². The van der Waals surface area contributed by atoms with E-state index in [0.717, 1.165) is 18.5 Å². The Hall–Kier alpha value is -2.18. The predicted molar refractivity (Wildman–Crippen MR) is 90.1 cm³/mol. The molecule has 0 bridgehead atoms. The number of amides is 1. The molecular formula is C18H23N3O3. The highest BCUT2D eigenvalue weighted by Crippen LogP contribution is 2.20. The van der Waals surface area contributed by atoms with Crippen molar-refractivity contribution in [1.82, 2.24) is 14.7 Å².